The third-order valence-electron chi connectivity index (χ3n) is 3.95. The van der Waals surface area contributed by atoms with Crippen molar-refractivity contribution in [3.8, 4) is 0 Å². The highest BCUT2D eigenvalue weighted by Crippen LogP contribution is 2.35. The highest BCUT2D eigenvalue weighted by molar-refractivity contribution is 7.91. The summed E-state index contributed by atoms with van der Waals surface area (Å²) in [7, 11) is 1.87. The molecule has 0 saturated heterocycles. The van der Waals surface area contributed by atoms with E-state index in [4.69, 9.17) is 4.98 Å². The van der Waals surface area contributed by atoms with Crippen molar-refractivity contribution in [1.82, 2.24) is 14.4 Å². The van der Waals surface area contributed by atoms with Crippen molar-refractivity contribution >= 4 is 49.9 Å². The molecule has 1 aliphatic rings. The lowest BCUT2D eigenvalue weighted by Crippen LogP contribution is -2.14. The van der Waals surface area contributed by atoms with Crippen molar-refractivity contribution in [2.75, 3.05) is 23.9 Å². The number of nitrogens with one attached hydrogen (secondary N) is 1. The van der Waals surface area contributed by atoms with Crippen molar-refractivity contribution in [2.45, 2.75) is 13.3 Å². The molecule has 5 nitrogen and oxygen atoms in total. The summed E-state index contributed by atoms with van der Waals surface area (Å²) >= 11 is 1.05. The monoisotopic (exact) mass is 332 g/mol. The van der Waals surface area contributed by atoms with Crippen LogP contribution in [0.25, 0.3) is 21.6 Å². The van der Waals surface area contributed by atoms with Crippen molar-refractivity contribution in [2.24, 2.45) is 0 Å². The number of aryl methyl sites for hydroxylation is 1. The summed E-state index contributed by atoms with van der Waals surface area (Å²) in [6.45, 7) is 2.06. The van der Waals surface area contributed by atoms with Crippen LogP contribution in [0.3, 0.4) is 0 Å². The average Bonchev–Trinajstić information content (AvgIpc) is 3.10. The van der Waals surface area contributed by atoms with E-state index in [2.05, 4.69) is 33.8 Å². The van der Waals surface area contributed by atoms with Gasteiger partial charge in [0.25, 0.3) is 0 Å². The van der Waals surface area contributed by atoms with Gasteiger partial charge in [-0.05, 0) is 35.8 Å². The molecule has 0 spiro atoms. The Morgan fingerprint density at radius 2 is 2.32 bits per heavy atom. The maximum Gasteiger partial charge on any atom is 0.181 e. The Balaban J connectivity index is 1.94. The van der Waals surface area contributed by atoms with Crippen LogP contribution in [0.5, 0.6) is 0 Å². The first-order valence-electron chi connectivity index (χ1n) is 7.17. The third-order valence-corrected chi connectivity index (χ3v) is 6.33. The fourth-order valence-electron chi connectivity index (χ4n) is 2.80. The maximum atomic E-state index is 11.5. The van der Waals surface area contributed by atoms with E-state index in [-0.39, 0.29) is 0 Å². The molecule has 1 aliphatic heterocycles. The molecule has 4 rings (SSSR count). The Labute approximate surface area is 135 Å². The molecule has 0 aliphatic carbocycles. The number of hydrogen-bond acceptors (Lipinski definition) is 5. The largest absolute Gasteiger partial charge is 0.616 e. The fraction of sp³-hybridized carbons (Fsp3) is 0.333. The number of thiophene rings is 1. The van der Waals surface area contributed by atoms with Gasteiger partial charge in [-0.15, -0.1) is 11.3 Å². The third kappa shape index (κ3) is 2.12. The van der Waals surface area contributed by atoms with Crippen LogP contribution < -0.4 is 5.32 Å². The minimum absolute atomic E-state index is 0.665. The van der Waals surface area contributed by atoms with Crippen LogP contribution in [0.4, 0.5) is 5.82 Å². The topological polar surface area (TPSA) is 65.3 Å². The molecule has 1 unspecified atom stereocenters. The second-order valence-corrected chi connectivity index (χ2v) is 8.01. The summed E-state index contributed by atoms with van der Waals surface area (Å²) in [5, 5.41) is 3.13. The predicted molar refractivity (Wildman–Crippen MR) is 93.1 cm³/mol. The molecule has 0 saturated carbocycles. The van der Waals surface area contributed by atoms with E-state index < -0.39 is 11.2 Å². The van der Waals surface area contributed by atoms with Gasteiger partial charge in [0.05, 0.1) is 0 Å². The number of rotatable bonds is 2. The van der Waals surface area contributed by atoms with Gasteiger partial charge in [0.15, 0.2) is 11.5 Å². The summed E-state index contributed by atoms with van der Waals surface area (Å²) < 4.78 is 13.7. The predicted octanol–water partition coefficient (Wildman–Crippen LogP) is 2.83. The van der Waals surface area contributed by atoms with Crippen LogP contribution >= 0.6 is 11.3 Å². The van der Waals surface area contributed by atoms with Crippen LogP contribution in [-0.2, 0) is 11.2 Å². The molecule has 4 heterocycles. The molecule has 1 atom stereocenters. The Bertz CT molecular complexity index is 896. The molecule has 7 heteroatoms. The molecule has 114 valence electrons. The van der Waals surface area contributed by atoms with Gasteiger partial charge < -0.3 is 9.87 Å². The van der Waals surface area contributed by atoms with Gasteiger partial charge in [0.2, 0.25) is 0 Å². The van der Waals surface area contributed by atoms with Crippen molar-refractivity contribution in [1.29, 1.82) is 0 Å². The molecule has 0 bridgehead atoms. The Morgan fingerprint density at radius 3 is 3.05 bits per heavy atom. The first-order valence-corrected chi connectivity index (χ1v) is 9.47. The second kappa shape index (κ2) is 5.26. The van der Waals surface area contributed by atoms with Gasteiger partial charge in [0, 0.05) is 30.2 Å². The minimum atomic E-state index is -0.690. The van der Waals surface area contributed by atoms with Crippen molar-refractivity contribution < 1.29 is 4.55 Å². The molecule has 0 radical (unpaired) electrons. The van der Waals surface area contributed by atoms with E-state index in [1.54, 1.807) is 11.3 Å². The number of anilines is 1. The van der Waals surface area contributed by atoms with E-state index >= 15 is 0 Å². The molecule has 1 N–H and O–H groups in total. The summed E-state index contributed by atoms with van der Waals surface area (Å²) in [6.07, 6.45) is 4.87. The summed E-state index contributed by atoms with van der Waals surface area (Å²) in [4.78, 5) is 11.5. The summed E-state index contributed by atoms with van der Waals surface area (Å²) in [5.74, 6) is 2.22. The molecular weight excluding hydrogens is 316 g/mol. The Morgan fingerprint density at radius 1 is 1.45 bits per heavy atom. The van der Waals surface area contributed by atoms with E-state index in [1.165, 1.54) is 10.5 Å². The van der Waals surface area contributed by atoms with Gasteiger partial charge in [0.1, 0.15) is 21.9 Å². The SMILES string of the molecule is CNc1nc2cc(C3=CC[S+]([O-])CC3)sc2n2c(C)cnc12. The Hall–Kier alpha value is -1.57. The molecule has 22 heavy (non-hydrogen) atoms. The second-order valence-electron chi connectivity index (χ2n) is 5.36. The zero-order chi connectivity index (χ0) is 15.3. The first kappa shape index (κ1) is 14.0. The number of nitrogens with zero attached hydrogens (tertiary/aromatic N) is 3. The van der Waals surface area contributed by atoms with E-state index in [0.717, 1.165) is 39.7 Å². The normalized spacial score (nSPS) is 18.9. The molecule has 3 aromatic heterocycles. The van der Waals surface area contributed by atoms with Crippen molar-refractivity contribution in [3.05, 3.63) is 28.9 Å². The average molecular weight is 332 g/mol. The van der Waals surface area contributed by atoms with Gasteiger partial charge in [-0.1, -0.05) is 0 Å². The molecule has 0 amide bonds. The van der Waals surface area contributed by atoms with E-state index in [0.29, 0.717) is 5.75 Å². The van der Waals surface area contributed by atoms with Crippen LogP contribution in [-0.4, -0.2) is 37.5 Å². The van der Waals surface area contributed by atoms with Gasteiger partial charge in [-0.3, -0.25) is 4.40 Å². The zero-order valence-electron chi connectivity index (χ0n) is 12.4. The fourth-order valence-corrected chi connectivity index (χ4v) is 5.02. The smallest absolute Gasteiger partial charge is 0.181 e. The maximum absolute atomic E-state index is 11.5. The van der Waals surface area contributed by atoms with Gasteiger partial charge >= 0.3 is 0 Å². The first-order chi connectivity index (χ1) is 10.7. The molecule has 0 fully saturated rings. The lowest BCUT2D eigenvalue weighted by molar-refractivity contribution is 0.597. The lowest BCUT2D eigenvalue weighted by Gasteiger charge is -2.15. The lowest BCUT2D eigenvalue weighted by atomic mass is 10.1. The number of fused-ring (bicyclic) bond motifs is 3. The quantitative estimate of drug-likeness (QED) is 0.733. The highest BCUT2D eigenvalue weighted by Gasteiger charge is 2.19. The van der Waals surface area contributed by atoms with Gasteiger partial charge in [-0.25, -0.2) is 9.97 Å². The van der Waals surface area contributed by atoms with Crippen LogP contribution in [0, 0.1) is 6.92 Å². The van der Waals surface area contributed by atoms with Crippen LogP contribution in [0.2, 0.25) is 0 Å². The van der Waals surface area contributed by atoms with E-state index in [9.17, 15) is 4.55 Å². The molecular formula is C15H16N4OS2. The number of aromatic nitrogens is 3. The van der Waals surface area contributed by atoms with Gasteiger partial charge in [-0.2, -0.15) is 0 Å². The number of hydrogen-bond donors (Lipinski definition) is 1. The number of allylic oxidation sites excluding steroid dienone is 1. The minimum Gasteiger partial charge on any atom is -0.616 e. The standard InChI is InChI=1S/C15H16N4OS2/c1-9-8-17-14-13(16-2)18-11-7-12(21-15(11)19(9)14)10-3-5-22(20)6-4-10/h3,7-8H,4-6H2,1-2H3,(H,16,18). The molecule has 3 aromatic rings. The van der Waals surface area contributed by atoms with Crippen LogP contribution in [0.1, 0.15) is 17.0 Å². The summed E-state index contributed by atoms with van der Waals surface area (Å²) in [6, 6.07) is 2.14. The number of imidazole rings is 1. The zero-order valence-corrected chi connectivity index (χ0v) is 14.1. The Kier molecular flexibility index (Phi) is 3.36. The summed E-state index contributed by atoms with van der Waals surface area (Å²) in [5.41, 5.74) is 4.23. The highest BCUT2D eigenvalue weighted by atomic mass is 32.2. The van der Waals surface area contributed by atoms with E-state index in [1.807, 2.05) is 13.2 Å². The molecule has 0 aromatic carbocycles. The van der Waals surface area contributed by atoms with Crippen LogP contribution in [0.15, 0.2) is 18.3 Å². The van der Waals surface area contributed by atoms with Crippen molar-refractivity contribution in [3.63, 3.8) is 0 Å².